The van der Waals surface area contributed by atoms with Gasteiger partial charge in [-0.1, -0.05) is 24.0 Å². The third-order valence-corrected chi connectivity index (χ3v) is 10.1. The van der Waals surface area contributed by atoms with Crippen LogP contribution < -0.4 is 20.3 Å². The van der Waals surface area contributed by atoms with Crippen LogP contribution in [0.1, 0.15) is 37.6 Å². The van der Waals surface area contributed by atoms with Crippen LogP contribution in [-0.4, -0.2) is 81.4 Å². The lowest BCUT2D eigenvalue weighted by molar-refractivity contribution is -0.274. The van der Waals surface area contributed by atoms with Crippen molar-refractivity contribution in [2.24, 2.45) is 0 Å². The first kappa shape index (κ1) is 38.3. The number of rotatable bonds is 7. The third-order valence-electron chi connectivity index (χ3n) is 7.42. The van der Waals surface area contributed by atoms with Gasteiger partial charge in [-0.3, -0.25) is 4.90 Å². The summed E-state index contributed by atoms with van der Waals surface area (Å²) in [7, 11) is -1.27. The number of thiophene rings is 1. The van der Waals surface area contributed by atoms with E-state index in [-0.39, 0.29) is 27.7 Å². The zero-order chi connectivity index (χ0) is 36.5. The first-order valence-electron chi connectivity index (χ1n) is 15.2. The van der Waals surface area contributed by atoms with Crippen LogP contribution in [0.3, 0.4) is 0 Å². The minimum atomic E-state index is -5.19. The summed E-state index contributed by atoms with van der Waals surface area (Å²) in [6, 6.07) is 7.51. The maximum absolute atomic E-state index is 14.8. The average molecular weight is 736 g/mol. The van der Waals surface area contributed by atoms with E-state index in [1.807, 2.05) is 4.90 Å². The molecule has 2 atom stereocenters. The van der Waals surface area contributed by atoms with Crippen molar-refractivity contribution in [1.82, 2.24) is 4.90 Å². The van der Waals surface area contributed by atoms with Crippen LogP contribution in [0.4, 0.5) is 46.9 Å². The van der Waals surface area contributed by atoms with Gasteiger partial charge in [0.1, 0.15) is 18.9 Å². The standard InChI is InChI=1S/C33H37F7N3O4PS/c1-31(2,3)47-30(44)43(26-13-12-20(48(5,6)45)17-27(26)46-33(38,39)40)15-8-11-28-22(18-32(35,36)37)21-9-7-10-25(29(21)49-28)41-24-14-16-42(4)19-23(24)34/h7,9-10,12-13,17,23-24,41H,14-16,18-19H2,1-6H3/t23-,24+/m0/s1. The van der Waals surface area contributed by atoms with Crippen molar-refractivity contribution < 1.29 is 49.6 Å². The van der Waals surface area contributed by atoms with Gasteiger partial charge in [-0.2, -0.15) is 13.2 Å². The number of carbonyl (C=O) groups excluding carboxylic acids is 1. The Morgan fingerprint density at radius 3 is 2.41 bits per heavy atom. The molecule has 0 unspecified atom stereocenters. The number of piperidine rings is 1. The minimum absolute atomic E-state index is 0.0194. The van der Waals surface area contributed by atoms with E-state index in [0.717, 1.165) is 28.4 Å². The molecule has 0 aliphatic carbocycles. The molecular weight excluding hydrogens is 698 g/mol. The van der Waals surface area contributed by atoms with Gasteiger partial charge in [-0.05, 0) is 82.8 Å². The summed E-state index contributed by atoms with van der Waals surface area (Å²) in [5.74, 6) is 4.50. The molecule has 16 heteroatoms. The second-order valence-corrected chi connectivity index (χ2v) is 17.4. The van der Waals surface area contributed by atoms with Crippen LogP contribution >= 0.6 is 18.5 Å². The molecule has 4 rings (SSSR count). The summed E-state index contributed by atoms with van der Waals surface area (Å²) in [5.41, 5.74) is -1.17. The number of carbonyl (C=O) groups is 1. The molecule has 1 aromatic heterocycles. The molecule has 3 aromatic rings. The highest BCUT2D eigenvalue weighted by Gasteiger charge is 2.36. The molecule has 1 saturated heterocycles. The topological polar surface area (TPSA) is 71.1 Å². The van der Waals surface area contributed by atoms with Crippen molar-refractivity contribution >= 4 is 51.3 Å². The highest BCUT2D eigenvalue weighted by atomic mass is 32.1. The van der Waals surface area contributed by atoms with Gasteiger partial charge in [0.25, 0.3) is 0 Å². The molecule has 1 aliphatic rings. The molecule has 0 saturated carbocycles. The van der Waals surface area contributed by atoms with Gasteiger partial charge in [-0.15, -0.1) is 24.5 Å². The number of ether oxygens (including phenoxy) is 2. The smallest absolute Gasteiger partial charge is 0.443 e. The van der Waals surface area contributed by atoms with Gasteiger partial charge in [0.05, 0.1) is 40.0 Å². The number of hydrogen-bond donors (Lipinski definition) is 1. The van der Waals surface area contributed by atoms with Crippen LogP contribution in [0.2, 0.25) is 0 Å². The van der Waals surface area contributed by atoms with E-state index in [9.17, 15) is 40.1 Å². The molecule has 2 heterocycles. The van der Waals surface area contributed by atoms with Gasteiger partial charge in [0.2, 0.25) is 0 Å². The molecule has 0 radical (unpaired) electrons. The number of benzene rings is 2. The van der Waals surface area contributed by atoms with Crippen LogP contribution in [-0.2, 0) is 15.7 Å². The average Bonchev–Trinajstić information content (AvgIpc) is 3.27. The lowest BCUT2D eigenvalue weighted by atomic mass is 10.0. The first-order chi connectivity index (χ1) is 22.5. The van der Waals surface area contributed by atoms with E-state index < -0.39 is 68.0 Å². The van der Waals surface area contributed by atoms with Gasteiger partial charge in [0.15, 0.2) is 5.75 Å². The molecular formula is C33H37F7N3O4PS. The Morgan fingerprint density at radius 1 is 1.12 bits per heavy atom. The zero-order valence-electron chi connectivity index (χ0n) is 27.7. The van der Waals surface area contributed by atoms with Crippen molar-refractivity contribution in [3.63, 3.8) is 0 Å². The molecule has 1 amide bonds. The predicted octanol–water partition coefficient (Wildman–Crippen LogP) is 8.40. The van der Waals surface area contributed by atoms with E-state index in [4.69, 9.17) is 4.74 Å². The molecule has 1 fully saturated rings. The summed E-state index contributed by atoms with van der Waals surface area (Å²) in [5, 5.41) is 3.47. The summed E-state index contributed by atoms with van der Waals surface area (Å²) >= 11 is 0.955. The fourth-order valence-corrected chi connectivity index (χ4v) is 7.24. The maximum atomic E-state index is 14.8. The Balaban J connectivity index is 1.79. The minimum Gasteiger partial charge on any atom is -0.443 e. The lowest BCUT2D eigenvalue weighted by Crippen LogP contribution is -2.46. The highest BCUT2D eigenvalue weighted by molar-refractivity contribution is 7.70. The molecule has 0 spiro atoms. The number of halogens is 7. The maximum Gasteiger partial charge on any atom is 0.573 e. The highest BCUT2D eigenvalue weighted by Crippen LogP contribution is 2.41. The summed E-state index contributed by atoms with van der Waals surface area (Å²) in [6.07, 6.45) is -12.9. The number of nitrogens with zero attached hydrogens (tertiary/aromatic N) is 2. The Bertz CT molecular complexity index is 1790. The Morgan fingerprint density at radius 2 is 1.82 bits per heavy atom. The number of alkyl halides is 7. The van der Waals surface area contributed by atoms with E-state index in [1.54, 1.807) is 40.0 Å². The van der Waals surface area contributed by atoms with E-state index in [2.05, 4.69) is 21.9 Å². The van der Waals surface area contributed by atoms with E-state index in [0.29, 0.717) is 23.4 Å². The van der Waals surface area contributed by atoms with E-state index >= 15 is 0 Å². The largest absolute Gasteiger partial charge is 0.573 e. The molecule has 49 heavy (non-hydrogen) atoms. The Kier molecular flexibility index (Phi) is 11.3. The van der Waals surface area contributed by atoms with Gasteiger partial charge < -0.3 is 24.3 Å². The lowest BCUT2D eigenvalue weighted by Gasteiger charge is -2.33. The molecule has 0 bridgehead atoms. The zero-order valence-corrected chi connectivity index (χ0v) is 29.4. The monoisotopic (exact) mass is 735 g/mol. The number of nitrogens with one attached hydrogen (secondary N) is 1. The van der Waals surface area contributed by atoms with Crippen molar-refractivity contribution in [3.8, 4) is 17.6 Å². The summed E-state index contributed by atoms with van der Waals surface area (Å²) in [4.78, 5) is 16.0. The normalized spacial score (nSPS) is 17.7. The number of amides is 1. The Hall–Kier alpha value is -3.47. The third kappa shape index (κ3) is 10.5. The van der Waals surface area contributed by atoms with Crippen LogP contribution in [0.15, 0.2) is 36.4 Å². The Labute approximate surface area is 284 Å². The molecule has 1 aliphatic heterocycles. The molecule has 2 aromatic carbocycles. The first-order valence-corrected chi connectivity index (χ1v) is 18.6. The second kappa shape index (κ2) is 14.4. The quantitative estimate of drug-likeness (QED) is 0.149. The summed E-state index contributed by atoms with van der Waals surface area (Å²) < 4.78 is 119. The number of likely N-dealkylation sites (tertiary alicyclic amines) is 1. The van der Waals surface area contributed by atoms with Gasteiger partial charge in [0, 0.05) is 18.4 Å². The van der Waals surface area contributed by atoms with Crippen molar-refractivity contribution in [3.05, 3.63) is 46.8 Å². The molecule has 7 nitrogen and oxygen atoms in total. The van der Waals surface area contributed by atoms with Crippen LogP contribution in [0.25, 0.3) is 10.1 Å². The number of hydrogen-bond acceptors (Lipinski definition) is 7. The van der Waals surface area contributed by atoms with Crippen molar-refractivity contribution in [2.75, 3.05) is 50.2 Å². The van der Waals surface area contributed by atoms with Crippen LogP contribution in [0.5, 0.6) is 5.75 Å². The van der Waals surface area contributed by atoms with Gasteiger partial charge >= 0.3 is 18.6 Å². The predicted molar refractivity (Wildman–Crippen MR) is 179 cm³/mol. The SMILES string of the molecule is CN1CC[C@@H](Nc2cccc3c(CC(F)(F)F)c(C#CCN(C(=O)OC(C)(C)C)c4ccc(P(C)(C)=O)cc4OC(F)(F)F)sc23)[C@@H](F)C1. The van der Waals surface area contributed by atoms with Crippen LogP contribution in [0, 0.1) is 11.8 Å². The number of fused-ring (bicyclic) bond motifs is 1. The fraction of sp³-hybridized carbons (Fsp3) is 0.485. The second-order valence-electron chi connectivity index (χ2n) is 13.1. The molecule has 268 valence electrons. The fourth-order valence-electron chi connectivity index (χ4n) is 5.21. The molecule has 1 N–H and O–H groups in total. The van der Waals surface area contributed by atoms with E-state index in [1.165, 1.54) is 25.5 Å². The summed E-state index contributed by atoms with van der Waals surface area (Å²) in [6.45, 7) is 7.56. The van der Waals surface area contributed by atoms with Crippen molar-refractivity contribution in [2.45, 2.75) is 64.0 Å². The van der Waals surface area contributed by atoms with Crippen molar-refractivity contribution in [1.29, 1.82) is 0 Å². The number of anilines is 2. The van der Waals surface area contributed by atoms with Gasteiger partial charge in [-0.25, -0.2) is 9.18 Å².